The molecular weight excluding hydrogens is 264 g/mol. The standard InChI is InChI=1S/C14H18O6/c1-10(16)9-20-14(18)12-6-3-2-5-11(12)13(17)19-8-4-7-15/h2-3,5-6,10,15-16H,4,7-9H2,1H3. The van der Waals surface area contributed by atoms with Gasteiger partial charge in [-0.3, -0.25) is 0 Å². The van der Waals surface area contributed by atoms with Crippen molar-refractivity contribution in [3.63, 3.8) is 0 Å². The van der Waals surface area contributed by atoms with Gasteiger partial charge in [-0.2, -0.15) is 0 Å². The van der Waals surface area contributed by atoms with Gasteiger partial charge in [0.25, 0.3) is 0 Å². The summed E-state index contributed by atoms with van der Waals surface area (Å²) in [6.07, 6.45) is -0.442. The van der Waals surface area contributed by atoms with Crippen LogP contribution >= 0.6 is 0 Å². The highest BCUT2D eigenvalue weighted by molar-refractivity contribution is 6.03. The van der Waals surface area contributed by atoms with Crippen molar-refractivity contribution in [2.45, 2.75) is 19.4 Å². The fourth-order valence-electron chi connectivity index (χ4n) is 1.42. The molecule has 0 aliphatic carbocycles. The lowest BCUT2D eigenvalue weighted by Crippen LogP contribution is -2.18. The number of esters is 2. The average Bonchev–Trinajstić information content (AvgIpc) is 2.44. The molecule has 0 saturated heterocycles. The lowest BCUT2D eigenvalue weighted by Gasteiger charge is -2.10. The zero-order valence-corrected chi connectivity index (χ0v) is 11.2. The molecule has 0 saturated carbocycles. The van der Waals surface area contributed by atoms with E-state index in [4.69, 9.17) is 19.7 Å². The smallest absolute Gasteiger partial charge is 0.339 e. The molecule has 0 aliphatic rings. The minimum atomic E-state index is -0.775. The van der Waals surface area contributed by atoms with Gasteiger partial charge in [0.1, 0.15) is 6.61 Å². The Labute approximate surface area is 116 Å². The third kappa shape index (κ3) is 4.99. The zero-order chi connectivity index (χ0) is 15.0. The fraction of sp³-hybridized carbons (Fsp3) is 0.429. The van der Waals surface area contributed by atoms with Crippen LogP contribution in [-0.2, 0) is 9.47 Å². The Morgan fingerprint density at radius 1 is 1.15 bits per heavy atom. The highest BCUT2D eigenvalue weighted by Crippen LogP contribution is 2.12. The minimum absolute atomic E-state index is 0.0758. The second-order valence-corrected chi connectivity index (χ2v) is 4.21. The number of ether oxygens (including phenoxy) is 2. The average molecular weight is 282 g/mol. The largest absolute Gasteiger partial charge is 0.462 e. The number of hydrogen-bond acceptors (Lipinski definition) is 6. The Balaban J connectivity index is 2.76. The summed E-state index contributed by atoms with van der Waals surface area (Å²) in [4.78, 5) is 23.6. The fourth-order valence-corrected chi connectivity index (χ4v) is 1.42. The van der Waals surface area contributed by atoms with E-state index in [2.05, 4.69) is 0 Å². The molecule has 0 aromatic heterocycles. The van der Waals surface area contributed by atoms with E-state index in [0.29, 0.717) is 6.42 Å². The molecule has 1 rings (SSSR count). The minimum Gasteiger partial charge on any atom is -0.462 e. The molecule has 1 aromatic rings. The Morgan fingerprint density at radius 3 is 2.20 bits per heavy atom. The molecule has 6 nitrogen and oxygen atoms in total. The van der Waals surface area contributed by atoms with Gasteiger partial charge in [-0.1, -0.05) is 12.1 Å². The molecule has 110 valence electrons. The molecule has 0 amide bonds. The summed E-state index contributed by atoms with van der Waals surface area (Å²) in [5.74, 6) is -1.34. The van der Waals surface area contributed by atoms with E-state index < -0.39 is 18.0 Å². The van der Waals surface area contributed by atoms with Gasteiger partial charge in [0.2, 0.25) is 0 Å². The van der Waals surface area contributed by atoms with E-state index in [1.165, 1.54) is 19.1 Å². The molecule has 0 fully saturated rings. The van der Waals surface area contributed by atoms with Gasteiger partial charge in [0.05, 0.1) is 23.8 Å². The number of carbonyl (C=O) groups is 2. The molecule has 1 unspecified atom stereocenters. The molecule has 2 N–H and O–H groups in total. The van der Waals surface area contributed by atoms with E-state index in [9.17, 15) is 9.59 Å². The number of aliphatic hydroxyl groups is 2. The molecule has 1 aromatic carbocycles. The highest BCUT2D eigenvalue weighted by atomic mass is 16.5. The molecule has 6 heteroatoms. The first-order valence-electron chi connectivity index (χ1n) is 6.28. The first kappa shape index (κ1) is 16.1. The summed E-state index contributed by atoms with van der Waals surface area (Å²) in [6, 6.07) is 6.12. The summed E-state index contributed by atoms with van der Waals surface area (Å²) in [5.41, 5.74) is 0.184. The summed E-state index contributed by atoms with van der Waals surface area (Å²) < 4.78 is 9.80. The summed E-state index contributed by atoms with van der Waals surface area (Å²) in [5, 5.41) is 17.7. The normalized spacial score (nSPS) is 11.8. The van der Waals surface area contributed by atoms with Gasteiger partial charge < -0.3 is 19.7 Å². The van der Waals surface area contributed by atoms with Crippen molar-refractivity contribution in [1.29, 1.82) is 0 Å². The first-order chi connectivity index (χ1) is 9.56. The van der Waals surface area contributed by atoms with Crippen molar-refractivity contribution in [3.05, 3.63) is 35.4 Å². The van der Waals surface area contributed by atoms with Crippen molar-refractivity contribution in [2.75, 3.05) is 19.8 Å². The monoisotopic (exact) mass is 282 g/mol. The maximum absolute atomic E-state index is 11.8. The van der Waals surface area contributed by atoms with E-state index in [1.807, 2.05) is 0 Å². The summed E-state index contributed by atoms with van der Waals surface area (Å²) >= 11 is 0. The molecule has 0 aliphatic heterocycles. The van der Waals surface area contributed by atoms with E-state index >= 15 is 0 Å². The van der Waals surface area contributed by atoms with Crippen LogP contribution in [0.2, 0.25) is 0 Å². The van der Waals surface area contributed by atoms with Crippen molar-refractivity contribution < 1.29 is 29.3 Å². The number of hydrogen-bond donors (Lipinski definition) is 2. The summed E-state index contributed by atoms with van der Waals surface area (Å²) in [7, 11) is 0. The molecule has 1 atom stereocenters. The lowest BCUT2D eigenvalue weighted by molar-refractivity contribution is 0.0287. The van der Waals surface area contributed by atoms with Crippen LogP contribution in [0, 0.1) is 0 Å². The third-order valence-electron chi connectivity index (χ3n) is 2.36. The van der Waals surface area contributed by atoms with Crippen LogP contribution in [-0.4, -0.2) is 48.1 Å². The molecular formula is C14H18O6. The van der Waals surface area contributed by atoms with Crippen LogP contribution in [0.5, 0.6) is 0 Å². The molecule has 20 heavy (non-hydrogen) atoms. The Kier molecular flexibility index (Phi) is 6.69. The number of aliphatic hydroxyl groups excluding tert-OH is 2. The number of carbonyl (C=O) groups excluding carboxylic acids is 2. The maximum Gasteiger partial charge on any atom is 0.339 e. The second-order valence-electron chi connectivity index (χ2n) is 4.21. The van der Waals surface area contributed by atoms with Crippen LogP contribution in [0.3, 0.4) is 0 Å². The van der Waals surface area contributed by atoms with Crippen LogP contribution in [0.4, 0.5) is 0 Å². The van der Waals surface area contributed by atoms with E-state index in [0.717, 1.165) is 0 Å². The van der Waals surface area contributed by atoms with Crippen molar-refractivity contribution in [1.82, 2.24) is 0 Å². The Hall–Kier alpha value is -1.92. The lowest BCUT2D eigenvalue weighted by atomic mass is 10.1. The topological polar surface area (TPSA) is 93.1 Å². The van der Waals surface area contributed by atoms with Crippen molar-refractivity contribution in [3.8, 4) is 0 Å². The predicted octanol–water partition coefficient (Wildman–Crippen LogP) is 0.763. The van der Waals surface area contributed by atoms with Crippen molar-refractivity contribution >= 4 is 11.9 Å². The Bertz CT molecular complexity index is 455. The Morgan fingerprint density at radius 2 is 1.70 bits per heavy atom. The molecule has 0 bridgehead atoms. The molecule has 0 spiro atoms. The van der Waals surface area contributed by atoms with E-state index in [1.54, 1.807) is 12.1 Å². The molecule has 0 heterocycles. The zero-order valence-electron chi connectivity index (χ0n) is 11.2. The van der Waals surface area contributed by atoms with Crippen molar-refractivity contribution in [2.24, 2.45) is 0 Å². The van der Waals surface area contributed by atoms with Crippen LogP contribution < -0.4 is 0 Å². The first-order valence-corrected chi connectivity index (χ1v) is 6.28. The number of benzene rings is 1. The van der Waals surface area contributed by atoms with Gasteiger partial charge in [-0.05, 0) is 19.1 Å². The quantitative estimate of drug-likeness (QED) is 0.566. The van der Waals surface area contributed by atoms with Crippen LogP contribution in [0.25, 0.3) is 0 Å². The maximum atomic E-state index is 11.8. The highest BCUT2D eigenvalue weighted by Gasteiger charge is 2.19. The third-order valence-corrected chi connectivity index (χ3v) is 2.36. The van der Waals surface area contributed by atoms with Crippen LogP contribution in [0.1, 0.15) is 34.1 Å². The predicted molar refractivity (Wildman–Crippen MR) is 70.4 cm³/mol. The SMILES string of the molecule is CC(O)COC(=O)c1ccccc1C(=O)OCCCO. The van der Waals surface area contributed by atoms with E-state index in [-0.39, 0.29) is 30.9 Å². The van der Waals surface area contributed by atoms with Gasteiger partial charge in [0, 0.05) is 13.0 Å². The van der Waals surface area contributed by atoms with Crippen LogP contribution in [0.15, 0.2) is 24.3 Å². The summed E-state index contributed by atoms with van der Waals surface area (Å²) in [6.45, 7) is 1.34. The van der Waals surface area contributed by atoms with Gasteiger partial charge in [-0.15, -0.1) is 0 Å². The van der Waals surface area contributed by atoms with Gasteiger partial charge in [0.15, 0.2) is 0 Å². The van der Waals surface area contributed by atoms with Gasteiger partial charge in [-0.25, -0.2) is 9.59 Å². The molecule has 0 radical (unpaired) electrons. The van der Waals surface area contributed by atoms with Gasteiger partial charge >= 0.3 is 11.9 Å². The second kappa shape index (κ2) is 8.29. The number of rotatable bonds is 7.